The molecule has 5 nitrogen and oxygen atoms in total. The number of amides is 1. The van der Waals surface area contributed by atoms with E-state index >= 15 is 0 Å². The molecule has 1 amide bonds. The van der Waals surface area contributed by atoms with Gasteiger partial charge < -0.3 is 10.4 Å². The Bertz CT molecular complexity index is 874. The van der Waals surface area contributed by atoms with Crippen LogP contribution in [-0.4, -0.2) is 21.2 Å². The summed E-state index contributed by atoms with van der Waals surface area (Å²) in [6.45, 7) is 1.88. The largest absolute Gasteiger partial charge is 0.507 e. The molecule has 0 fully saturated rings. The van der Waals surface area contributed by atoms with Gasteiger partial charge in [-0.05, 0) is 42.8 Å². The number of carbonyl (C=O) groups excluding carboxylic acids is 1. The van der Waals surface area contributed by atoms with Gasteiger partial charge in [0, 0.05) is 16.3 Å². The highest BCUT2D eigenvalue weighted by molar-refractivity contribution is 6.31. The first-order valence-electron chi connectivity index (χ1n) is 6.96. The number of anilines is 1. The van der Waals surface area contributed by atoms with Crippen molar-refractivity contribution in [1.29, 1.82) is 0 Å². The number of aromatic amines is 1. The van der Waals surface area contributed by atoms with Gasteiger partial charge in [-0.3, -0.25) is 9.89 Å². The molecule has 6 heteroatoms. The minimum Gasteiger partial charge on any atom is -0.507 e. The van der Waals surface area contributed by atoms with E-state index in [1.165, 1.54) is 0 Å². The third-order valence-electron chi connectivity index (χ3n) is 3.45. The monoisotopic (exact) mass is 327 g/mol. The molecule has 3 N–H and O–H groups in total. The van der Waals surface area contributed by atoms with Gasteiger partial charge in [-0.2, -0.15) is 5.10 Å². The zero-order chi connectivity index (χ0) is 16.4. The maximum absolute atomic E-state index is 12.3. The van der Waals surface area contributed by atoms with Gasteiger partial charge in [0.15, 0.2) is 0 Å². The van der Waals surface area contributed by atoms with Crippen LogP contribution in [0.4, 0.5) is 5.69 Å². The lowest BCUT2D eigenvalue weighted by molar-refractivity contribution is 0.102. The Morgan fingerprint density at radius 3 is 2.78 bits per heavy atom. The molecule has 0 bridgehead atoms. The Morgan fingerprint density at radius 2 is 2.00 bits per heavy atom. The number of phenols is 1. The van der Waals surface area contributed by atoms with Crippen LogP contribution < -0.4 is 5.32 Å². The molecule has 0 radical (unpaired) electrons. The summed E-state index contributed by atoms with van der Waals surface area (Å²) < 4.78 is 0. The van der Waals surface area contributed by atoms with Gasteiger partial charge in [0.2, 0.25) is 0 Å². The number of carbonyl (C=O) groups is 1. The Kier molecular flexibility index (Phi) is 4.04. The fraction of sp³-hybridized carbons (Fsp3) is 0.0588. The molecule has 0 atom stereocenters. The summed E-state index contributed by atoms with van der Waals surface area (Å²) in [6.07, 6.45) is 0. The van der Waals surface area contributed by atoms with Gasteiger partial charge in [-0.25, -0.2) is 0 Å². The van der Waals surface area contributed by atoms with Crippen molar-refractivity contribution in [3.63, 3.8) is 0 Å². The van der Waals surface area contributed by atoms with E-state index in [0.29, 0.717) is 27.7 Å². The zero-order valence-corrected chi connectivity index (χ0v) is 13.1. The molecule has 0 spiro atoms. The summed E-state index contributed by atoms with van der Waals surface area (Å²) in [6, 6.07) is 13.7. The number of rotatable bonds is 3. The average molecular weight is 328 g/mol. The molecule has 0 unspecified atom stereocenters. The third kappa shape index (κ3) is 3.19. The van der Waals surface area contributed by atoms with E-state index in [4.69, 9.17) is 11.6 Å². The molecule has 116 valence electrons. The van der Waals surface area contributed by atoms with E-state index in [1.54, 1.807) is 42.5 Å². The van der Waals surface area contributed by atoms with Crippen LogP contribution in [0.25, 0.3) is 11.3 Å². The summed E-state index contributed by atoms with van der Waals surface area (Å²) in [5.74, 6) is -0.221. The predicted octanol–water partition coefficient (Wildman–Crippen LogP) is 4.00. The van der Waals surface area contributed by atoms with Crippen molar-refractivity contribution in [1.82, 2.24) is 10.2 Å². The van der Waals surface area contributed by atoms with Crippen LogP contribution in [0.3, 0.4) is 0 Å². The second-order valence-corrected chi connectivity index (χ2v) is 5.53. The van der Waals surface area contributed by atoms with Crippen LogP contribution >= 0.6 is 11.6 Å². The molecule has 0 aliphatic rings. The molecule has 23 heavy (non-hydrogen) atoms. The van der Waals surface area contributed by atoms with Crippen molar-refractivity contribution in [2.45, 2.75) is 6.92 Å². The number of para-hydroxylation sites is 1. The predicted molar refractivity (Wildman–Crippen MR) is 89.8 cm³/mol. The molecular weight excluding hydrogens is 314 g/mol. The number of aromatic hydroxyl groups is 1. The van der Waals surface area contributed by atoms with Crippen molar-refractivity contribution in [2.24, 2.45) is 0 Å². The van der Waals surface area contributed by atoms with Crippen LogP contribution in [0, 0.1) is 6.92 Å². The topological polar surface area (TPSA) is 78.0 Å². The Labute approximate surface area is 137 Å². The number of nitrogens with zero attached hydrogens (tertiary/aromatic N) is 1. The lowest BCUT2D eigenvalue weighted by Crippen LogP contribution is -2.13. The Balaban J connectivity index is 1.84. The van der Waals surface area contributed by atoms with E-state index in [0.717, 1.165) is 5.56 Å². The molecule has 1 aromatic heterocycles. The molecule has 0 saturated heterocycles. The second-order valence-electron chi connectivity index (χ2n) is 5.10. The lowest BCUT2D eigenvalue weighted by atomic mass is 10.1. The van der Waals surface area contributed by atoms with Gasteiger partial charge >= 0.3 is 0 Å². The summed E-state index contributed by atoms with van der Waals surface area (Å²) in [7, 11) is 0. The van der Waals surface area contributed by atoms with Gasteiger partial charge in [-0.15, -0.1) is 0 Å². The van der Waals surface area contributed by atoms with Gasteiger partial charge in [-0.1, -0.05) is 29.8 Å². The first kappa shape index (κ1) is 15.1. The van der Waals surface area contributed by atoms with Crippen molar-refractivity contribution >= 4 is 23.2 Å². The molecule has 0 aliphatic carbocycles. The fourth-order valence-corrected chi connectivity index (χ4v) is 2.36. The lowest BCUT2D eigenvalue weighted by Gasteiger charge is -2.07. The molecule has 3 rings (SSSR count). The van der Waals surface area contributed by atoms with Crippen molar-refractivity contribution in [3.8, 4) is 17.0 Å². The van der Waals surface area contributed by atoms with Gasteiger partial charge in [0.05, 0.1) is 5.69 Å². The van der Waals surface area contributed by atoms with E-state index in [-0.39, 0.29) is 11.7 Å². The highest BCUT2D eigenvalue weighted by Gasteiger charge is 2.14. The standard InChI is InChI=1S/C17H14ClN3O2/c1-10-6-7-11(18)8-13(10)19-17(23)15-9-14(20-21-15)12-4-2-3-5-16(12)22/h2-9,22H,1H3,(H,19,23)(H,20,21). The number of nitrogens with one attached hydrogen (secondary N) is 2. The highest BCUT2D eigenvalue weighted by Crippen LogP contribution is 2.27. The van der Waals surface area contributed by atoms with Crippen LogP contribution in [-0.2, 0) is 0 Å². The second kappa shape index (κ2) is 6.14. The van der Waals surface area contributed by atoms with Crippen LogP contribution in [0.2, 0.25) is 5.02 Å². The Morgan fingerprint density at radius 1 is 1.22 bits per heavy atom. The smallest absolute Gasteiger partial charge is 0.273 e. The maximum Gasteiger partial charge on any atom is 0.273 e. The highest BCUT2D eigenvalue weighted by atomic mass is 35.5. The third-order valence-corrected chi connectivity index (χ3v) is 3.69. The summed E-state index contributed by atoms with van der Waals surface area (Å²) >= 11 is 5.95. The van der Waals surface area contributed by atoms with Crippen LogP contribution in [0.1, 0.15) is 16.1 Å². The van der Waals surface area contributed by atoms with E-state index < -0.39 is 0 Å². The molecule has 1 heterocycles. The maximum atomic E-state index is 12.3. The SMILES string of the molecule is Cc1ccc(Cl)cc1NC(=O)c1cc(-c2ccccc2O)n[nH]1. The molecule has 3 aromatic rings. The van der Waals surface area contributed by atoms with Crippen molar-refractivity contribution in [3.05, 3.63) is 64.8 Å². The fourth-order valence-electron chi connectivity index (χ4n) is 2.18. The summed E-state index contributed by atoms with van der Waals surface area (Å²) in [5, 5.41) is 19.9. The summed E-state index contributed by atoms with van der Waals surface area (Å²) in [5.41, 5.74) is 2.89. The van der Waals surface area contributed by atoms with Gasteiger partial charge in [0.1, 0.15) is 11.4 Å². The number of H-pyrrole nitrogens is 1. The zero-order valence-electron chi connectivity index (χ0n) is 12.3. The van der Waals surface area contributed by atoms with Gasteiger partial charge in [0.25, 0.3) is 5.91 Å². The van der Waals surface area contributed by atoms with E-state index in [1.807, 2.05) is 13.0 Å². The number of hydrogen-bond acceptors (Lipinski definition) is 3. The minimum absolute atomic E-state index is 0.108. The number of aromatic nitrogens is 2. The normalized spacial score (nSPS) is 10.5. The first-order chi connectivity index (χ1) is 11.0. The van der Waals surface area contributed by atoms with Crippen LogP contribution in [0.15, 0.2) is 48.5 Å². The Hall–Kier alpha value is -2.79. The number of benzene rings is 2. The first-order valence-corrected chi connectivity index (χ1v) is 7.33. The molecule has 2 aromatic carbocycles. The summed E-state index contributed by atoms with van der Waals surface area (Å²) in [4.78, 5) is 12.3. The van der Waals surface area contributed by atoms with Crippen molar-refractivity contribution in [2.75, 3.05) is 5.32 Å². The molecular formula is C17H14ClN3O2. The quantitative estimate of drug-likeness (QED) is 0.680. The molecule has 0 aliphatic heterocycles. The van der Waals surface area contributed by atoms with E-state index in [9.17, 15) is 9.90 Å². The van der Waals surface area contributed by atoms with E-state index in [2.05, 4.69) is 15.5 Å². The number of phenolic OH excluding ortho intramolecular Hbond substituents is 1. The van der Waals surface area contributed by atoms with Crippen LogP contribution in [0.5, 0.6) is 5.75 Å². The number of halogens is 1. The minimum atomic E-state index is -0.329. The number of aryl methyl sites for hydroxylation is 1. The molecule has 0 saturated carbocycles. The number of hydrogen-bond donors (Lipinski definition) is 3. The van der Waals surface area contributed by atoms with Crippen molar-refractivity contribution < 1.29 is 9.90 Å². The average Bonchev–Trinajstić information content (AvgIpc) is 3.01.